The van der Waals surface area contributed by atoms with Gasteiger partial charge in [0, 0.05) is 16.5 Å². The van der Waals surface area contributed by atoms with E-state index in [0.29, 0.717) is 15.8 Å². The number of hydrogen-bond donors (Lipinski definition) is 1. The molecule has 0 heterocycles. The Morgan fingerprint density at radius 3 is 2.53 bits per heavy atom. The Labute approximate surface area is 111 Å². The van der Waals surface area contributed by atoms with Gasteiger partial charge < -0.3 is 0 Å². The number of nitrogens with zero attached hydrogens (tertiary/aromatic N) is 1. The van der Waals surface area contributed by atoms with Crippen LogP contribution in [0.15, 0.2) is 23.3 Å². The normalized spacial score (nSPS) is 11.8. The van der Waals surface area contributed by atoms with E-state index in [0.717, 1.165) is 5.56 Å². The van der Waals surface area contributed by atoms with Crippen LogP contribution in [0.3, 0.4) is 0 Å². The molecule has 0 spiro atoms. The van der Waals surface area contributed by atoms with Gasteiger partial charge in [0.2, 0.25) is 5.91 Å². The summed E-state index contributed by atoms with van der Waals surface area (Å²) in [5, 5.41) is 5.07. The first-order chi connectivity index (χ1) is 7.91. The van der Waals surface area contributed by atoms with E-state index in [2.05, 4.69) is 10.5 Å². The Morgan fingerprint density at radius 1 is 1.35 bits per heavy atom. The minimum atomic E-state index is -0.130. The molecule has 1 N–H and O–H groups in total. The predicted molar refractivity (Wildman–Crippen MR) is 71.7 cm³/mol. The molecule has 0 aliphatic rings. The average molecular weight is 273 g/mol. The molecule has 17 heavy (non-hydrogen) atoms. The summed E-state index contributed by atoms with van der Waals surface area (Å²) in [5.41, 5.74) is 3.87. The highest BCUT2D eigenvalue weighted by Crippen LogP contribution is 2.21. The summed E-state index contributed by atoms with van der Waals surface area (Å²) < 4.78 is 0. The number of carbonyl (C=O) groups excluding carboxylic acids is 1. The quantitative estimate of drug-likeness (QED) is 0.664. The van der Waals surface area contributed by atoms with Crippen LogP contribution < -0.4 is 5.43 Å². The highest BCUT2D eigenvalue weighted by Gasteiger charge is 2.07. The minimum absolute atomic E-state index is 0.104. The summed E-state index contributed by atoms with van der Waals surface area (Å²) >= 11 is 11.8. The standard InChI is InChI=1S/C12H14Cl2N2O/c1-7(2)12(17)16-15-8(3)10-5-4-9(13)6-11(10)14/h4-7H,1-3H3,(H,16,17)/b15-8+. The van der Waals surface area contributed by atoms with Gasteiger partial charge in [0.05, 0.1) is 10.7 Å². The van der Waals surface area contributed by atoms with Crippen molar-refractivity contribution in [3.63, 3.8) is 0 Å². The van der Waals surface area contributed by atoms with Crippen LogP contribution in [0.4, 0.5) is 0 Å². The number of hydrazone groups is 1. The average Bonchev–Trinajstić information content (AvgIpc) is 2.25. The molecule has 0 saturated carbocycles. The molecule has 0 fully saturated rings. The first kappa shape index (κ1) is 14.0. The monoisotopic (exact) mass is 272 g/mol. The zero-order valence-electron chi connectivity index (χ0n) is 9.92. The third-order valence-corrected chi connectivity index (χ3v) is 2.73. The van der Waals surface area contributed by atoms with E-state index >= 15 is 0 Å². The molecule has 0 saturated heterocycles. The summed E-state index contributed by atoms with van der Waals surface area (Å²) in [6.07, 6.45) is 0. The van der Waals surface area contributed by atoms with E-state index in [1.54, 1.807) is 39.0 Å². The van der Waals surface area contributed by atoms with Crippen molar-refractivity contribution in [3.8, 4) is 0 Å². The van der Waals surface area contributed by atoms with Crippen LogP contribution in [0.5, 0.6) is 0 Å². The SMILES string of the molecule is C/C(=N\NC(=O)C(C)C)c1ccc(Cl)cc1Cl. The minimum Gasteiger partial charge on any atom is -0.273 e. The lowest BCUT2D eigenvalue weighted by molar-refractivity contribution is -0.123. The van der Waals surface area contributed by atoms with Crippen LogP contribution in [-0.2, 0) is 4.79 Å². The summed E-state index contributed by atoms with van der Waals surface area (Å²) in [5.74, 6) is -0.235. The van der Waals surface area contributed by atoms with Crippen molar-refractivity contribution in [2.45, 2.75) is 20.8 Å². The van der Waals surface area contributed by atoms with Crippen LogP contribution in [0, 0.1) is 5.92 Å². The fourth-order valence-electron chi connectivity index (χ4n) is 1.11. The lowest BCUT2D eigenvalue weighted by Crippen LogP contribution is -2.24. The van der Waals surface area contributed by atoms with Crippen LogP contribution in [0.25, 0.3) is 0 Å². The summed E-state index contributed by atoms with van der Waals surface area (Å²) in [4.78, 5) is 11.3. The maximum absolute atomic E-state index is 11.3. The number of benzene rings is 1. The lowest BCUT2D eigenvalue weighted by atomic mass is 10.1. The third kappa shape index (κ3) is 4.02. The summed E-state index contributed by atoms with van der Waals surface area (Å²) in [6.45, 7) is 5.38. The second kappa shape index (κ2) is 6.03. The highest BCUT2D eigenvalue weighted by molar-refractivity contribution is 6.37. The third-order valence-electron chi connectivity index (χ3n) is 2.18. The Kier molecular flexibility index (Phi) is 4.97. The number of carbonyl (C=O) groups is 1. The molecule has 0 radical (unpaired) electrons. The fraction of sp³-hybridized carbons (Fsp3) is 0.333. The first-order valence-corrected chi connectivity index (χ1v) is 5.97. The van der Waals surface area contributed by atoms with Crippen molar-refractivity contribution < 1.29 is 4.79 Å². The fourth-order valence-corrected chi connectivity index (χ4v) is 1.66. The Morgan fingerprint density at radius 2 is 2.00 bits per heavy atom. The van der Waals surface area contributed by atoms with Gasteiger partial charge in [-0.15, -0.1) is 0 Å². The Bertz CT molecular complexity index is 456. The largest absolute Gasteiger partial charge is 0.273 e. The second-order valence-electron chi connectivity index (χ2n) is 3.95. The van der Waals surface area contributed by atoms with Crippen molar-refractivity contribution in [2.75, 3.05) is 0 Å². The van der Waals surface area contributed by atoms with Gasteiger partial charge in [0.1, 0.15) is 0 Å². The molecular weight excluding hydrogens is 259 g/mol. The van der Waals surface area contributed by atoms with E-state index in [9.17, 15) is 4.79 Å². The molecule has 92 valence electrons. The van der Waals surface area contributed by atoms with Gasteiger partial charge >= 0.3 is 0 Å². The summed E-state index contributed by atoms with van der Waals surface area (Å²) in [6, 6.07) is 5.14. The number of rotatable bonds is 3. The van der Waals surface area contributed by atoms with Crippen molar-refractivity contribution in [1.82, 2.24) is 5.43 Å². The molecule has 5 heteroatoms. The van der Waals surface area contributed by atoms with Crippen molar-refractivity contribution in [3.05, 3.63) is 33.8 Å². The molecule has 1 aromatic rings. The van der Waals surface area contributed by atoms with Crippen LogP contribution in [0.2, 0.25) is 10.0 Å². The smallest absolute Gasteiger partial charge is 0.242 e. The molecule has 1 rings (SSSR count). The molecule has 3 nitrogen and oxygen atoms in total. The molecule has 0 bridgehead atoms. The Hall–Kier alpha value is -1.06. The number of halogens is 2. The van der Waals surface area contributed by atoms with Crippen LogP contribution in [-0.4, -0.2) is 11.6 Å². The number of nitrogens with one attached hydrogen (secondary N) is 1. The van der Waals surface area contributed by atoms with Gasteiger partial charge in [-0.1, -0.05) is 43.1 Å². The maximum Gasteiger partial charge on any atom is 0.242 e. The highest BCUT2D eigenvalue weighted by atomic mass is 35.5. The molecular formula is C12H14Cl2N2O. The van der Waals surface area contributed by atoms with Crippen molar-refractivity contribution in [1.29, 1.82) is 0 Å². The van der Waals surface area contributed by atoms with E-state index in [-0.39, 0.29) is 11.8 Å². The number of hydrogen-bond acceptors (Lipinski definition) is 2. The van der Waals surface area contributed by atoms with Crippen molar-refractivity contribution in [2.24, 2.45) is 11.0 Å². The molecule has 0 aromatic heterocycles. The molecule has 0 aliphatic carbocycles. The second-order valence-corrected chi connectivity index (χ2v) is 4.80. The van der Waals surface area contributed by atoms with E-state index < -0.39 is 0 Å². The topological polar surface area (TPSA) is 41.5 Å². The van der Waals surface area contributed by atoms with E-state index in [1.165, 1.54) is 0 Å². The first-order valence-electron chi connectivity index (χ1n) is 5.21. The van der Waals surface area contributed by atoms with Gasteiger partial charge in [-0.25, -0.2) is 5.43 Å². The van der Waals surface area contributed by atoms with Gasteiger partial charge in [0.15, 0.2) is 0 Å². The van der Waals surface area contributed by atoms with Gasteiger partial charge in [-0.3, -0.25) is 4.79 Å². The van der Waals surface area contributed by atoms with Gasteiger partial charge in [-0.2, -0.15) is 5.10 Å². The maximum atomic E-state index is 11.3. The lowest BCUT2D eigenvalue weighted by Gasteiger charge is -2.06. The zero-order chi connectivity index (χ0) is 13.0. The van der Waals surface area contributed by atoms with E-state index in [4.69, 9.17) is 23.2 Å². The van der Waals surface area contributed by atoms with Crippen LogP contribution >= 0.6 is 23.2 Å². The molecule has 0 aliphatic heterocycles. The summed E-state index contributed by atoms with van der Waals surface area (Å²) in [7, 11) is 0. The van der Waals surface area contributed by atoms with E-state index in [1.807, 2.05) is 0 Å². The van der Waals surface area contributed by atoms with Gasteiger partial charge in [0.25, 0.3) is 0 Å². The number of amides is 1. The van der Waals surface area contributed by atoms with Crippen molar-refractivity contribution >= 4 is 34.8 Å². The van der Waals surface area contributed by atoms with Crippen LogP contribution in [0.1, 0.15) is 26.3 Å². The Balaban J connectivity index is 2.85. The molecule has 1 aromatic carbocycles. The van der Waals surface area contributed by atoms with Gasteiger partial charge in [-0.05, 0) is 19.1 Å². The molecule has 0 unspecified atom stereocenters. The predicted octanol–water partition coefficient (Wildman–Crippen LogP) is 3.49. The molecule has 0 atom stereocenters. The molecule has 1 amide bonds. The zero-order valence-corrected chi connectivity index (χ0v) is 11.4.